The zero-order valence-electron chi connectivity index (χ0n) is 14.9. The summed E-state index contributed by atoms with van der Waals surface area (Å²) in [5, 5.41) is 5.63. The number of hydrogen-bond acceptors (Lipinski definition) is 3. The number of amides is 2. The van der Waals surface area contributed by atoms with Gasteiger partial charge >= 0.3 is 6.03 Å². The molecule has 0 fully saturated rings. The molecule has 0 heterocycles. The Kier molecular flexibility index (Phi) is 5.03. The van der Waals surface area contributed by atoms with Crippen LogP contribution in [-0.2, 0) is 12.8 Å². The van der Waals surface area contributed by atoms with Gasteiger partial charge in [-0.05, 0) is 60.4 Å². The largest absolute Gasteiger partial charge is 0.323 e. The molecule has 3 aromatic carbocycles. The van der Waals surface area contributed by atoms with Crippen LogP contribution in [0.1, 0.15) is 11.1 Å². The molecule has 1 aliphatic carbocycles. The molecule has 4 rings (SSSR count). The van der Waals surface area contributed by atoms with E-state index in [4.69, 9.17) is 0 Å². The van der Waals surface area contributed by atoms with Crippen molar-refractivity contribution in [2.75, 3.05) is 16.1 Å². The van der Waals surface area contributed by atoms with Gasteiger partial charge in [0.1, 0.15) is 0 Å². The number of para-hydroxylation sites is 1. The standard InChI is InChI=1S/C22H22N4O/c27-22(23-18-8-2-1-3-9-18)24-19-10-12-20(13-11-19)25-26-21-14-16-6-4-5-7-17(16)15-21/h1-13,21,25-26H,14-15H2,(H2,23,24,27). The number of carbonyl (C=O) groups is 1. The smallest absolute Gasteiger partial charge is 0.321 e. The number of urea groups is 1. The van der Waals surface area contributed by atoms with Crippen molar-refractivity contribution in [3.8, 4) is 0 Å². The first kappa shape index (κ1) is 17.1. The van der Waals surface area contributed by atoms with Crippen molar-refractivity contribution >= 4 is 23.1 Å². The lowest BCUT2D eigenvalue weighted by atomic mass is 10.1. The lowest BCUT2D eigenvalue weighted by Crippen LogP contribution is -2.34. The summed E-state index contributed by atoms with van der Waals surface area (Å²) in [7, 11) is 0. The van der Waals surface area contributed by atoms with Crippen LogP contribution in [0.25, 0.3) is 0 Å². The van der Waals surface area contributed by atoms with Gasteiger partial charge in [-0.25, -0.2) is 10.2 Å². The number of fused-ring (bicyclic) bond motifs is 1. The Hall–Kier alpha value is -3.31. The molecule has 0 spiro atoms. The second-order valence-electron chi connectivity index (χ2n) is 6.67. The third-order valence-electron chi connectivity index (χ3n) is 4.65. The molecule has 0 saturated heterocycles. The summed E-state index contributed by atoms with van der Waals surface area (Å²) in [4.78, 5) is 12.0. The van der Waals surface area contributed by atoms with Gasteiger partial charge in [0, 0.05) is 23.1 Å². The topological polar surface area (TPSA) is 65.2 Å². The van der Waals surface area contributed by atoms with E-state index in [2.05, 4.69) is 45.8 Å². The molecule has 136 valence electrons. The molecule has 0 bridgehead atoms. The van der Waals surface area contributed by atoms with Gasteiger partial charge in [-0.15, -0.1) is 0 Å². The summed E-state index contributed by atoms with van der Waals surface area (Å²) in [5.41, 5.74) is 11.9. The predicted molar refractivity (Wildman–Crippen MR) is 110 cm³/mol. The van der Waals surface area contributed by atoms with Gasteiger partial charge in [-0.3, -0.25) is 0 Å². The minimum absolute atomic E-state index is 0.260. The fourth-order valence-corrected chi connectivity index (χ4v) is 3.30. The van der Waals surface area contributed by atoms with Crippen molar-refractivity contribution in [3.63, 3.8) is 0 Å². The third-order valence-corrected chi connectivity index (χ3v) is 4.65. The predicted octanol–water partition coefficient (Wildman–Crippen LogP) is 4.41. The minimum atomic E-state index is -0.260. The maximum Gasteiger partial charge on any atom is 0.323 e. The molecule has 0 unspecified atom stereocenters. The molecule has 5 nitrogen and oxygen atoms in total. The summed E-state index contributed by atoms with van der Waals surface area (Å²) in [5.74, 6) is 0. The minimum Gasteiger partial charge on any atom is -0.321 e. The van der Waals surface area contributed by atoms with E-state index in [0.717, 1.165) is 29.9 Å². The molecule has 2 amide bonds. The Morgan fingerprint density at radius 2 is 1.19 bits per heavy atom. The second-order valence-corrected chi connectivity index (χ2v) is 6.67. The van der Waals surface area contributed by atoms with Crippen LogP contribution in [0.15, 0.2) is 78.9 Å². The highest BCUT2D eigenvalue weighted by Crippen LogP contribution is 2.22. The Morgan fingerprint density at radius 1 is 0.667 bits per heavy atom. The van der Waals surface area contributed by atoms with Gasteiger partial charge in [0.05, 0.1) is 0 Å². The molecule has 0 aromatic heterocycles. The quantitative estimate of drug-likeness (QED) is 0.511. The molecule has 5 heteroatoms. The van der Waals surface area contributed by atoms with E-state index in [-0.39, 0.29) is 6.03 Å². The Balaban J connectivity index is 1.26. The number of hydrazine groups is 1. The van der Waals surface area contributed by atoms with E-state index in [1.807, 2.05) is 54.6 Å². The summed E-state index contributed by atoms with van der Waals surface area (Å²) < 4.78 is 0. The number of anilines is 3. The van der Waals surface area contributed by atoms with Gasteiger partial charge in [0.2, 0.25) is 0 Å². The van der Waals surface area contributed by atoms with Crippen LogP contribution in [-0.4, -0.2) is 12.1 Å². The first-order chi connectivity index (χ1) is 13.3. The average molecular weight is 358 g/mol. The van der Waals surface area contributed by atoms with E-state index in [1.165, 1.54) is 11.1 Å². The Labute approximate surface area is 158 Å². The van der Waals surface area contributed by atoms with Crippen molar-refractivity contribution < 1.29 is 4.79 Å². The number of nitrogens with one attached hydrogen (secondary N) is 4. The zero-order chi connectivity index (χ0) is 18.5. The fourth-order valence-electron chi connectivity index (χ4n) is 3.30. The van der Waals surface area contributed by atoms with Gasteiger partial charge in [-0.1, -0.05) is 42.5 Å². The van der Waals surface area contributed by atoms with E-state index in [1.54, 1.807) is 0 Å². The van der Waals surface area contributed by atoms with Crippen molar-refractivity contribution in [1.82, 2.24) is 5.43 Å². The molecule has 27 heavy (non-hydrogen) atoms. The monoisotopic (exact) mass is 358 g/mol. The summed E-state index contributed by atoms with van der Waals surface area (Å²) in [6.45, 7) is 0. The van der Waals surface area contributed by atoms with E-state index in [0.29, 0.717) is 6.04 Å². The third kappa shape index (κ3) is 4.46. The van der Waals surface area contributed by atoms with Crippen LogP contribution >= 0.6 is 0 Å². The van der Waals surface area contributed by atoms with E-state index < -0.39 is 0 Å². The van der Waals surface area contributed by atoms with Crippen LogP contribution in [0.5, 0.6) is 0 Å². The molecule has 4 N–H and O–H groups in total. The maximum absolute atomic E-state index is 12.0. The highest BCUT2D eigenvalue weighted by molar-refractivity contribution is 5.99. The molecule has 1 aliphatic rings. The highest BCUT2D eigenvalue weighted by atomic mass is 16.2. The molecule has 0 saturated carbocycles. The molecule has 3 aromatic rings. The van der Waals surface area contributed by atoms with E-state index in [9.17, 15) is 4.79 Å². The Morgan fingerprint density at radius 3 is 1.81 bits per heavy atom. The first-order valence-corrected chi connectivity index (χ1v) is 9.08. The van der Waals surface area contributed by atoms with Crippen LogP contribution in [0.4, 0.5) is 21.9 Å². The fraction of sp³-hybridized carbons (Fsp3) is 0.136. The number of hydrogen-bond donors (Lipinski definition) is 4. The number of rotatable bonds is 5. The number of benzene rings is 3. The van der Waals surface area contributed by atoms with Crippen LogP contribution in [0.3, 0.4) is 0 Å². The van der Waals surface area contributed by atoms with Crippen molar-refractivity contribution in [1.29, 1.82) is 0 Å². The molecule has 0 aliphatic heterocycles. The van der Waals surface area contributed by atoms with Gasteiger partial charge < -0.3 is 16.1 Å². The molecule has 0 atom stereocenters. The first-order valence-electron chi connectivity index (χ1n) is 9.08. The van der Waals surface area contributed by atoms with Crippen molar-refractivity contribution in [3.05, 3.63) is 90.0 Å². The van der Waals surface area contributed by atoms with Crippen LogP contribution in [0.2, 0.25) is 0 Å². The Bertz CT molecular complexity index is 884. The normalized spacial score (nSPS) is 13.0. The van der Waals surface area contributed by atoms with Crippen molar-refractivity contribution in [2.24, 2.45) is 0 Å². The lowest BCUT2D eigenvalue weighted by Gasteiger charge is -2.15. The molecule has 0 radical (unpaired) electrons. The van der Waals surface area contributed by atoms with E-state index >= 15 is 0 Å². The zero-order valence-corrected chi connectivity index (χ0v) is 14.9. The molecular formula is C22H22N4O. The average Bonchev–Trinajstić information content (AvgIpc) is 3.11. The molecular weight excluding hydrogens is 336 g/mol. The summed E-state index contributed by atoms with van der Waals surface area (Å²) in [6, 6.07) is 25.7. The highest BCUT2D eigenvalue weighted by Gasteiger charge is 2.20. The summed E-state index contributed by atoms with van der Waals surface area (Å²) >= 11 is 0. The second kappa shape index (κ2) is 7.93. The van der Waals surface area contributed by atoms with Gasteiger partial charge in [-0.2, -0.15) is 0 Å². The SMILES string of the molecule is O=C(Nc1ccccc1)Nc1ccc(NNC2Cc3ccccc3C2)cc1. The van der Waals surface area contributed by atoms with Gasteiger partial charge in [0.15, 0.2) is 0 Å². The number of carbonyl (C=O) groups excluding carboxylic acids is 1. The lowest BCUT2D eigenvalue weighted by molar-refractivity contribution is 0.262. The van der Waals surface area contributed by atoms with Gasteiger partial charge in [0.25, 0.3) is 0 Å². The summed E-state index contributed by atoms with van der Waals surface area (Å²) in [6.07, 6.45) is 2.06. The van der Waals surface area contributed by atoms with Crippen LogP contribution < -0.4 is 21.5 Å². The van der Waals surface area contributed by atoms with Crippen LogP contribution in [0, 0.1) is 0 Å². The maximum atomic E-state index is 12.0. The van der Waals surface area contributed by atoms with Crippen molar-refractivity contribution in [2.45, 2.75) is 18.9 Å².